The molecule has 0 bridgehead atoms. The average Bonchev–Trinajstić information content (AvgIpc) is 1.97. The van der Waals surface area contributed by atoms with Gasteiger partial charge in [-0.25, -0.2) is 0 Å². The molecule has 16 nitrogen and oxygen atoms in total. The standard InChI is InChI=1S/4C17H33NO3.Sn/c4*1-4-5-6-7-8-9-10-11-12-13-15(19)18-16(14(2)3)17(20)21;/h4*14,16H,4-13H2,1-3H3,(H,18,19)(H,20,21);/q;;;;+4/p-4/t4*16-;/m0000./s1. The zero-order valence-corrected chi connectivity index (χ0v) is 59.2. The van der Waals surface area contributed by atoms with Crippen molar-refractivity contribution in [2.75, 3.05) is 0 Å². The van der Waals surface area contributed by atoms with E-state index >= 15 is 0 Å². The quantitative estimate of drug-likeness (QED) is 0.0330. The van der Waals surface area contributed by atoms with Gasteiger partial charge in [-0.05, 0) is 0 Å². The van der Waals surface area contributed by atoms with Crippen LogP contribution in [0.4, 0.5) is 0 Å². The molecule has 0 aromatic rings. The van der Waals surface area contributed by atoms with Crippen LogP contribution in [0.5, 0.6) is 0 Å². The Balaban J connectivity index is 7.28. The summed E-state index contributed by atoms with van der Waals surface area (Å²) >= 11 is -7.06. The van der Waals surface area contributed by atoms with Gasteiger partial charge in [0.15, 0.2) is 0 Å². The van der Waals surface area contributed by atoms with Crippen LogP contribution >= 0.6 is 0 Å². The van der Waals surface area contributed by atoms with E-state index in [-0.39, 0.29) is 25.7 Å². The predicted octanol–water partition coefficient (Wildman–Crippen LogP) is 15.8. The molecule has 0 aliphatic heterocycles. The number of amides is 4. The average molecular weight is 1310 g/mol. The van der Waals surface area contributed by atoms with Crippen molar-refractivity contribution in [3.05, 3.63) is 0 Å². The molecule has 0 spiro atoms. The van der Waals surface area contributed by atoms with Gasteiger partial charge in [0.2, 0.25) is 0 Å². The van der Waals surface area contributed by atoms with Gasteiger partial charge in [-0.1, -0.05) is 105 Å². The van der Waals surface area contributed by atoms with Crippen LogP contribution in [0, 0.1) is 23.7 Å². The van der Waals surface area contributed by atoms with E-state index in [1.807, 2.05) is 0 Å². The van der Waals surface area contributed by atoms with Gasteiger partial charge in [0.1, 0.15) is 0 Å². The molecule has 0 fully saturated rings. The molecule has 0 saturated heterocycles. The van der Waals surface area contributed by atoms with Crippen molar-refractivity contribution in [3.63, 3.8) is 0 Å². The van der Waals surface area contributed by atoms with Crippen molar-refractivity contribution < 1.29 is 50.7 Å². The van der Waals surface area contributed by atoms with Crippen LogP contribution in [-0.4, -0.2) is 91.7 Å². The number of carbonyl (C=O) groups excluding carboxylic acids is 8. The van der Waals surface area contributed by atoms with Gasteiger partial charge < -0.3 is 0 Å². The maximum atomic E-state index is 14.9. The zero-order chi connectivity index (χ0) is 63.7. The Morgan fingerprint density at radius 1 is 0.247 bits per heavy atom. The van der Waals surface area contributed by atoms with Crippen LogP contribution in [0.15, 0.2) is 0 Å². The van der Waals surface area contributed by atoms with Crippen LogP contribution in [0.1, 0.15) is 340 Å². The Morgan fingerprint density at radius 2 is 0.388 bits per heavy atom. The van der Waals surface area contributed by atoms with Crippen LogP contribution < -0.4 is 21.3 Å². The summed E-state index contributed by atoms with van der Waals surface area (Å²) in [7, 11) is 0. The van der Waals surface area contributed by atoms with Crippen LogP contribution in [-0.2, 0) is 50.7 Å². The van der Waals surface area contributed by atoms with Crippen molar-refractivity contribution in [2.45, 2.75) is 364 Å². The van der Waals surface area contributed by atoms with Gasteiger partial charge in [0.05, 0.1) is 0 Å². The minimum absolute atomic E-state index is 0.123. The molecule has 0 aromatic carbocycles. The van der Waals surface area contributed by atoms with E-state index in [1.165, 1.54) is 103 Å². The third-order valence-corrected chi connectivity index (χ3v) is 21.0. The van der Waals surface area contributed by atoms with Crippen molar-refractivity contribution in [2.24, 2.45) is 23.7 Å². The van der Waals surface area contributed by atoms with Crippen molar-refractivity contribution in [1.29, 1.82) is 0 Å². The Labute approximate surface area is 524 Å². The second-order valence-electron chi connectivity index (χ2n) is 25.7. The normalized spacial score (nSPS) is 13.1. The minimum atomic E-state index is -7.06. The molecule has 0 aromatic heterocycles. The number of nitrogens with one attached hydrogen (secondary N) is 4. The number of unbranched alkanes of at least 4 members (excludes halogenated alkanes) is 32. The fourth-order valence-electron chi connectivity index (χ4n) is 10.2. The first-order chi connectivity index (χ1) is 40.7. The van der Waals surface area contributed by atoms with E-state index in [0.29, 0.717) is 25.7 Å². The first kappa shape index (κ1) is 81.6. The molecule has 17 heteroatoms. The predicted molar refractivity (Wildman–Crippen MR) is 345 cm³/mol. The van der Waals surface area contributed by atoms with E-state index in [9.17, 15) is 38.4 Å². The van der Waals surface area contributed by atoms with Crippen molar-refractivity contribution in [1.82, 2.24) is 21.3 Å². The first-order valence-electron chi connectivity index (χ1n) is 34.8. The molecular formula is C68H128N4O12Sn. The molecule has 85 heavy (non-hydrogen) atoms. The van der Waals surface area contributed by atoms with Crippen molar-refractivity contribution in [3.8, 4) is 0 Å². The molecule has 4 atom stereocenters. The van der Waals surface area contributed by atoms with Gasteiger partial charge in [0, 0.05) is 0 Å². The van der Waals surface area contributed by atoms with Gasteiger partial charge in [0.25, 0.3) is 0 Å². The maximum absolute atomic E-state index is 14.9. The van der Waals surface area contributed by atoms with Gasteiger partial charge in [-0.3, -0.25) is 0 Å². The molecule has 0 heterocycles. The van der Waals surface area contributed by atoms with Crippen LogP contribution in [0.2, 0.25) is 0 Å². The van der Waals surface area contributed by atoms with Gasteiger partial charge >= 0.3 is 422 Å². The second kappa shape index (κ2) is 52.5. The molecule has 4 amide bonds. The topological polar surface area (TPSA) is 222 Å². The fraction of sp³-hybridized carbons (Fsp3) is 0.882. The molecule has 0 radical (unpaired) electrons. The Bertz CT molecular complexity index is 1540. The summed E-state index contributed by atoms with van der Waals surface area (Å²) in [5, 5.41) is 11.1. The molecule has 0 aliphatic rings. The fourth-order valence-corrected chi connectivity index (χ4v) is 15.2. The second-order valence-corrected chi connectivity index (χ2v) is 30.8. The monoisotopic (exact) mass is 1310 g/mol. The van der Waals surface area contributed by atoms with E-state index in [0.717, 1.165) is 103 Å². The SMILES string of the molecule is CCCCCCCCCCCC(=O)N[C@H](C(=O)[O][Sn]([O]C(=O)[C@@H](NC(=O)CCCCCCCCCCC)C(C)C)([O]C(=O)[C@@H](NC(=O)CCCCCCCCCCC)C(C)C)[O]C(=O)[C@@H](NC(=O)CCCCCCCCCCC)C(C)C)C(C)C. The first-order valence-corrected chi connectivity index (χ1v) is 39.4. The third kappa shape index (κ3) is 42.2. The number of hydrogen-bond acceptors (Lipinski definition) is 12. The summed E-state index contributed by atoms with van der Waals surface area (Å²) in [6, 6.07) is -5.54. The summed E-state index contributed by atoms with van der Waals surface area (Å²) < 4.78 is 24.7. The summed E-state index contributed by atoms with van der Waals surface area (Å²) in [5.74, 6) is -8.92. The Kier molecular flexibility index (Phi) is 50.4. The molecule has 0 saturated carbocycles. The summed E-state index contributed by atoms with van der Waals surface area (Å²) in [6.45, 7) is 22.2. The summed E-state index contributed by atoms with van der Waals surface area (Å²) in [6.07, 6.45) is 38.0. The third-order valence-electron chi connectivity index (χ3n) is 15.9. The Morgan fingerprint density at radius 3 is 0.529 bits per heavy atom. The van der Waals surface area contributed by atoms with E-state index < -0.39 is 115 Å². The number of rotatable bonds is 56. The molecule has 0 aliphatic carbocycles. The number of hydrogen-bond donors (Lipinski definition) is 4. The van der Waals surface area contributed by atoms with E-state index in [1.54, 1.807) is 55.4 Å². The molecule has 0 unspecified atom stereocenters. The molecule has 496 valence electrons. The van der Waals surface area contributed by atoms with Crippen LogP contribution in [0.3, 0.4) is 0 Å². The van der Waals surface area contributed by atoms with Crippen LogP contribution in [0.25, 0.3) is 0 Å². The molecular weight excluding hydrogens is 1180 g/mol. The molecule has 0 rings (SSSR count). The van der Waals surface area contributed by atoms with Gasteiger partial charge in [-0.15, -0.1) is 0 Å². The summed E-state index contributed by atoms with van der Waals surface area (Å²) in [4.78, 5) is 114. The molecule has 4 N–H and O–H groups in total. The van der Waals surface area contributed by atoms with E-state index in [2.05, 4.69) is 49.0 Å². The van der Waals surface area contributed by atoms with Gasteiger partial charge in [-0.2, -0.15) is 0 Å². The zero-order valence-electron chi connectivity index (χ0n) is 56.3. The summed E-state index contributed by atoms with van der Waals surface area (Å²) in [5.41, 5.74) is 0. The Hall–Kier alpha value is -3.44. The van der Waals surface area contributed by atoms with E-state index in [4.69, 9.17) is 12.3 Å². The number of carbonyl (C=O) groups is 8. The van der Waals surface area contributed by atoms with Crippen molar-refractivity contribution >= 4 is 67.5 Å².